The third kappa shape index (κ3) is 5.39. The minimum atomic E-state index is -2.60. The van der Waals surface area contributed by atoms with Gasteiger partial charge in [0.15, 0.2) is 0 Å². The molecule has 8 nitrogen and oxygen atoms in total. The maximum atomic E-state index is 13.4. The van der Waals surface area contributed by atoms with Crippen LogP contribution in [-0.4, -0.2) is 68.1 Å². The van der Waals surface area contributed by atoms with Crippen LogP contribution < -0.4 is 0 Å². The minimum Gasteiger partial charge on any atom is -0.375 e. The van der Waals surface area contributed by atoms with E-state index in [-0.39, 0.29) is 30.5 Å². The van der Waals surface area contributed by atoms with Crippen LogP contribution in [0, 0.1) is 6.92 Å². The van der Waals surface area contributed by atoms with Crippen molar-refractivity contribution in [3.05, 3.63) is 84.2 Å². The summed E-state index contributed by atoms with van der Waals surface area (Å²) in [6.07, 6.45) is 9.63. The molecule has 0 saturated carbocycles. The molecule has 10 heteroatoms. The lowest BCUT2D eigenvalue weighted by molar-refractivity contribution is -0.136. The number of hydrogen-bond acceptors (Lipinski definition) is 5. The zero-order valence-electron chi connectivity index (χ0n) is 20.8. The molecule has 3 heterocycles. The number of aryl methyl sites for hydroxylation is 1. The predicted molar refractivity (Wildman–Crippen MR) is 134 cm³/mol. The molecule has 0 N–H and O–H groups in total. The quantitative estimate of drug-likeness (QED) is 0.478. The predicted octanol–water partition coefficient (Wildman–Crippen LogP) is 4.20. The van der Waals surface area contributed by atoms with Crippen molar-refractivity contribution < 1.29 is 18.3 Å². The van der Waals surface area contributed by atoms with Gasteiger partial charge in [-0.25, -0.2) is 18.4 Å². The highest BCUT2D eigenvalue weighted by Crippen LogP contribution is 2.35. The fraction of sp³-hybridized carbons (Fsp3) is 0.407. The number of hydrogen-bond donors (Lipinski definition) is 0. The molecule has 194 valence electrons. The molecule has 2 aliphatic rings. The van der Waals surface area contributed by atoms with E-state index in [2.05, 4.69) is 15.3 Å². The summed E-state index contributed by atoms with van der Waals surface area (Å²) in [6.45, 7) is 1.63. The highest BCUT2D eigenvalue weighted by atomic mass is 19.3. The van der Waals surface area contributed by atoms with Gasteiger partial charge in [-0.3, -0.25) is 4.79 Å². The Morgan fingerprint density at radius 3 is 2.70 bits per heavy atom. The summed E-state index contributed by atoms with van der Waals surface area (Å²) in [4.78, 5) is 19.0. The fourth-order valence-corrected chi connectivity index (χ4v) is 5.17. The molecule has 0 spiro atoms. The third-order valence-electron chi connectivity index (χ3n) is 7.11. The Morgan fingerprint density at radius 2 is 2.00 bits per heavy atom. The van der Waals surface area contributed by atoms with E-state index in [1.54, 1.807) is 19.6 Å². The van der Waals surface area contributed by atoms with Crippen molar-refractivity contribution in [3.63, 3.8) is 0 Å². The normalized spacial score (nSPS) is 24.4. The zero-order valence-corrected chi connectivity index (χ0v) is 20.8. The largest absolute Gasteiger partial charge is 0.375 e. The highest BCUT2D eigenvalue weighted by molar-refractivity contribution is 5.81. The summed E-state index contributed by atoms with van der Waals surface area (Å²) < 4.78 is 35.8. The number of nitrogens with zero attached hydrogens (tertiary/aromatic N) is 6. The van der Waals surface area contributed by atoms with Gasteiger partial charge in [-0.15, -0.1) is 5.10 Å². The number of carbonyl (C=O) groups is 1. The highest BCUT2D eigenvalue weighted by Gasteiger charge is 2.35. The van der Waals surface area contributed by atoms with Gasteiger partial charge >= 0.3 is 0 Å². The first-order valence-electron chi connectivity index (χ1n) is 12.4. The molecular weight excluding hydrogens is 478 g/mol. The molecule has 2 aromatic heterocycles. The van der Waals surface area contributed by atoms with Gasteiger partial charge in [0.2, 0.25) is 5.91 Å². The molecule has 0 radical (unpaired) electrons. The summed E-state index contributed by atoms with van der Waals surface area (Å²) in [5.74, 6) is -0.315. The number of imidazole rings is 1. The molecular formula is C27H30F2N6O2. The Kier molecular flexibility index (Phi) is 7.27. The smallest absolute Gasteiger partial charge is 0.255 e. The molecule has 1 amide bonds. The number of carbonyl (C=O) groups excluding carboxylic acids is 1. The number of alkyl halides is 2. The zero-order chi connectivity index (χ0) is 25.9. The van der Waals surface area contributed by atoms with Gasteiger partial charge in [0, 0.05) is 25.4 Å². The molecule has 0 bridgehead atoms. The summed E-state index contributed by atoms with van der Waals surface area (Å²) in [6, 6.07) is 9.10. The minimum absolute atomic E-state index is 0.0385. The second-order valence-corrected chi connectivity index (χ2v) is 9.54. The van der Waals surface area contributed by atoms with E-state index in [4.69, 9.17) is 4.74 Å². The standard InChI is InChI=1S/C27H30F2N6O2/c1-18-14-34(17-30-18)23-9-8-21(13-25(23)37-2)22-15-35(32-31-22)24-12-20(19-6-4-3-5-7-19)10-11-33(27(24)36)16-26(28)29/h3-9,13-15,17,20,23-26H,10-12,16H2,1-2H3. The summed E-state index contributed by atoms with van der Waals surface area (Å²) in [5, 5.41) is 8.62. The molecule has 1 aliphatic heterocycles. The molecule has 1 aromatic carbocycles. The van der Waals surface area contributed by atoms with Gasteiger partial charge in [0.1, 0.15) is 17.8 Å². The average Bonchev–Trinajstić information content (AvgIpc) is 3.53. The van der Waals surface area contributed by atoms with E-state index in [9.17, 15) is 13.6 Å². The first kappa shape index (κ1) is 25.0. The van der Waals surface area contributed by atoms with E-state index in [1.807, 2.05) is 66.2 Å². The SMILES string of the molecule is COC1C=C(c2cn(C3CC(c4ccccc4)CCN(CC(F)F)C3=O)nn2)C=CC1n1cnc(C)c1. The number of likely N-dealkylation sites (tertiary alicyclic amines) is 1. The Balaban J connectivity index is 1.41. The van der Waals surface area contributed by atoms with Crippen LogP contribution in [-0.2, 0) is 9.53 Å². The van der Waals surface area contributed by atoms with Crippen LogP contribution in [0.2, 0.25) is 0 Å². The number of ether oxygens (including phenoxy) is 1. The summed E-state index contributed by atoms with van der Waals surface area (Å²) in [5.41, 5.74) is 3.41. The van der Waals surface area contributed by atoms with Gasteiger partial charge in [-0.1, -0.05) is 47.7 Å². The van der Waals surface area contributed by atoms with Gasteiger partial charge in [-0.05, 0) is 37.3 Å². The number of methoxy groups -OCH3 is 1. The van der Waals surface area contributed by atoms with Crippen molar-refractivity contribution in [2.75, 3.05) is 20.2 Å². The molecule has 4 atom stereocenters. The van der Waals surface area contributed by atoms with Crippen LogP contribution in [0.25, 0.3) is 5.57 Å². The number of aromatic nitrogens is 5. The van der Waals surface area contributed by atoms with Gasteiger partial charge in [0.25, 0.3) is 6.43 Å². The lowest BCUT2D eigenvalue weighted by Gasteiger charge is -2.25. The van der Waals surface area contributed by atoms with Crippen molar-refractivity contribution in [2.24, 2.45) is 0 Å². The summed E-state index contributed by atoms with van der Waals surface area (Å²) >= 11 is 0. The van der Waals surface area contributed by atoms with Crippen LogP contribution in [0.4, 0.5) is 8.78 Å². The monoisotopic (exact) mass is 508 g/mol. The number of halogens is 2. The molecule has 1 fully saturated rings. The van der Waals surface area contributed by atoms with Gasteiger partial charge < -0.3 is 14.2 Å². The maximum Gasteiger partial charge on any atom is 0.255 e. The average molecular weight is 509 g/mol. The van der Waals surface area contributed by atoms with E-state index in [1.165, 1.54) is 9.58 Å². The Morgan fingerprint density at radius 1 is 1.19 bits per heavy atom. The fourth-order valence-electron chi connectivity index (χ4n) is 5.17. The lowest BCUT2D eigenvalue weighted by Crippen LogP contribution is -2.39. The summed E-state index contributed by atoms with van der Waals surface area (Å²) in [7, 11) is 1.65. The molecule has 4 unspecified atom stereocenters. The molecule has 37 heavy (non-hydrogen) atoms. The van der Waals surface area contributed by atoms with Crippen LogP contribution in [0.3, 0.4) is 0 Å². The third-order valence-corrected chi connectivity index (χ3v) is 7.11. The van der Waals surface area contributed by atoms with Crippen LogP contribution in [0.5, 0.6) is 0 Å². The molecule has 3 aromatic rings. The Bertz CT molecular complexity index is 1280. The second kappa shape index (κ2) is 10.8. The van der Waals surface area contributed by atoms with Crippen molar-refractivity contribution in [1.29, 1.82) is 0 Å². The van der Waals surface area contributed by atoms with Crippen molar-refractivity contribution in [3.8, 4) is 0 Å². The Hall–Kier alpha value is -3.66. The topological polar surface area (TPSA) is 78.1 Å². The van der Waals surface area contributed by atoms with Gasteiger partial charge in [0.05, 0.1) is 30.8 Å². The van der Waals surface area contributed by atoms with E-state index in [0.717, 1.165) is 16.8 Å². The second-order valence-electron chi connectivity index (χ2n) is 9.54. The van der Waals surface area contributed by atoms with E-state index >= 15 is 0 Å². The molecule has 1 saturated heterocycles. The first-order valence-corrected chi connectivity index (χ1v) is 12.4. The van der Waals surface area contributed by atoms with Crippen LogP contribution in [0.15, 0.2) is 67.3 Å². The number of rotatable bonds is 7. The first-order chi connectivity index (χ1) is 17.9. The Labute approximate surface area is 214 Å². The lowest BCUT2D eigenvalue weighted by atomic mass is 9.90. The molecule has 5 rings (SSSR count). The van der Waals surface area contributed by atoms with Crippen LogP contribution >= 0.6 is 0 Å². The maximum absolute atomic E-state index is 13.4. The van der Waals surface area contributed by atoms with Crippen LogP contribution in [0.1, 0.15) is 47.8 Å². The number of benzene rings is 1. The number of amides is 1. The molecule has 1 aliphatic carbocycles. The van der Waals surface area contributed by atoms with E-state index < -0.39 is 19.0 Å². The van der Waals surface area contributed by atoms with Crippen molar-refractivity contribution >= 4 is 11.5 Å². The van der Waals surface area contributed by atoms with Crippen molar-refractivity contribution in [1.82, 2.24) is 29.4 Å². The number of allylic oxidation sites excluding steroid dienone is 2. The van der Waals surface area contributed by atoms with E-state index in [0.29, 0.717) is 18.5 Å². The van der Waals surface area contributed by atoms with Gasteiger partial charge in [-0.2, -0.15) is 0 Å². The van der Waals surface area contributed by atoms with Crippen molar-refractivity contribution in [2.45, 2.75) is 50.3 Å².